The van der Waals surface area contributed by atoms with Crippen molar-refractivity contribution in [3.63, 3.8) is 0 Å². The van der Waals surface area contributed by atoms with E-state index in [1.54, 1.807) is 14.2 Å². The van der Waals surface area contributed by atoms with Crippen LogP contribution >= 0.6 is 0 Å². The number of carbonyl (C=O) groups is 1. The number of piperazine rings is 1. The molecule has 4 aromatic rings. The Morgan fingerprint density at radius 3 is 2.17 bits per heavy atom. The van der Waals surface area contributed by atoms with Gasteiger partial charge in [-0.3, -0.25) is 9.69 Å². The van der Waals surface area contributed by atoms with Crippen LogP contribution in [-0.2, 0) is 6.42 Å². The molecular formula is C36H45N7O4. The molecule has 1 aliphatic rings. The monoisotopic (exact) mass is 639 g/mol. The van der Waals surface area contributed by atoms with Gasteiger partial charge in [0.15, 0.2) is 11.5 Å². The predicted octanol–water partition coefficient (Wildman–Crippen LogP) is 5.93. The highest BCUT2D eigenvalue weighted by molar-refractivity contribution is 6.06. The summed E-state index contributed by atoms with van der Waals surface area (Å²) in [6, 6.07) is 18.3. The molecule has 1 aliphatic heterocycles. The number of benzene rings is 3. The molecule has 0 aliphatic carbocycles. The van der Waals surface area contributed by atoms with Crippen LogP contribution in [-0.4, -0.2) is 73.8 Å². The van der Waals surface area contributed by atoms with Gasteiger partial charge in [0, 0.05) is 55.5 Å². The van der Waals surface area contributed by atoms with E-state index >= 15 is 0 Å². The Morgan fingerprint density at radius 2 is 1.60 bits per heavy atom. The molecule has 0 atom stereocenters. The molecule has 47 heavy (non-hydrogen) atoms. The minimum Gasteiger partial charge on any atom is -0.493 e. The van der Waals surface area contributed by atoms with E-state index in [1.807, 2.05) is 56.3 Å². The molecule has 1 amide bonds. The number of para-hydroxylation sites is 1. The van der Waals surface area contributed by atoms with Gasteiger partial charge >= 0.3 is 0 Å². The van der Waals surface area contributed by atoms with Gasteiger partial charge in [-0.2, -0.15) is 4.98 Å². The maximum atomic E-state index is 13.7. The van der Waals surface area contributed by atoms with E-state index in [1.165, 1.54) is 11.9 Å². The Kier molecular flexibility index (Phi) is 10.8. The normalized spacial score (nSPS) is 13.4. The number of hydrogen-bond donors (Lipinski definition) is 3. The molecule has 11 nitrogen and oxygen atoms in total. The smallest absolute Gasteiger partial charge is 0.262 e. The van der Waals surface area contributed by atoms with Crippen LogP contribution in [0.25, 0.3) is 0 Å². The van der Waals surface area contributed by atoms with Crippen molar-refractivity contribution in [1.82, 2.24) is 14.9 Å². The molecule has 3 aromatic carbocycles. The van der Waals surface area contributed by atoms with Crippen molar-refractivity contribution in [1.29, 1.82) is 0 Å². The summed E-state index contributed by atoms with van der Waals surface area (Å²) in [4.78, 5) is 27.8. The number of nitrogens with zero attached hydrogens (tertiary/aromatic N) is 4. The maximum absolute atomic E-state index is 13.7. The van der Waals surface area contributed by atoms with E-state index in [2.05, 4.69) is 56.4 Å². The fourth-order valence-electron chi connectivity index (χ4n) is 5.68. The molecule has 248 valence electrons. The van der Waals surface area contributed by atoms with Crippen molar-refractivity contribution >= 4 is 28.9 Å². The van der Waals surface area contributed by atoms with Crippen LogP contribution < -0.4 is 35.5 Å². The number of aromatic nitrogens is 2. The van der Waals surface area contributed by atoms with Crippen LogP contribution in [0.5, 0.6) is 23.1 Å². The summed E-state index contributed by atoms with van der Waals surface area (Å²) in [5.74, 6) is 1.01. The van der Waals surface area contributed by atoms with Gasteiger partial charge in [-0.1, -0.05) is 18.2 Å². The lowest BCUT2D eigenvalue weighted by atomic mass is 10.1. The molecule has 2 heterocycles. The number of hydrogen-bond acceptors (Lipinski definition) is 10. The first-order valence-corrected chi connectivity index (χ1v) is 15.9. The molecule has 0 radical (unpaired) electrons. The first-order valence-electron chi connectivity index (χ1n) is 15.9. The Balaban J connectivity index is 1.44. The first kappa shape index (κ1) is 33.5. The number of nitrogens with two attached hydrogens (primary N) is 1. The Bertz CT molecular complexity index is 1640. The molecule has 1 aromatic heterocycles. The van der Waals surface area contributed by atoms with Crippen molar-refractivity contribution in [3.05, 3.63) is 83.0 Å². The lowest BCUT2D eigenvalue weighted by Crippen LogP contribution is -2.48. The molecule has 0 unspecified atom stereocenters. The topological polar surface area (TPSA) is 127 Å². The third-order valence-electron chi connectivity index (χ3n) is 8.40. The van der Waals surface area contributed by atoms with Crippen molar-refractivity contribution in [3.8, 4) is 23.1 Å². The zero-order valence-corrected chi connectivity index (χ0v) is 28.1. The van der Waals surface area contributed by atoms with E-state index in [-0.39, 0.29) is 23.1 Å². The Hall–Kier alpha value is -4.87. The van der Waals surface area contributed by atoms with Crippen LogP contribution in [0.1, 0.15) is 40.9 Å². The number of amides is 1. The maximum Gasteiger partial charge on any atom is 0.262 e. The number of ether oxygens (including phenoxy) is 3. The summed E-state index contributed by atoms with van der Waals surface area (Å²) < 4.78 is 17.7. The van der Waals surface area contributed by atoms with Crippen molar-refractivity contribution in [2.45, 2.75) is 40.2 Å². The molecule has 4 N–H and O–H groups in total. The quantitative estimate of drug-likeness (QED) is 0.172. The molecule has 1 saturated heterocycles. The zero-order chi connectivity index (χ0) is 33.5. The van der Waals surface area contributed by atoms with E-state index < -0.39 is 5.91 Å². The number of methoxy groups -OCH3 is 2. The van der Waals surface area contributed by atoms with Gasteiger partial charge in [0.1, 0.15) is 5.56 Å². The predicted molar refractivity (Wildman–Crippen MR) is 187 cm³/mol. The molecule has 11 heteroatoms. The number of aryl methyl sites for hydroxylation is 2. The second-order valence-corrected chi connectivity index (χ2v) is 11.9. The number of nitrogens with one attached hydrogen (secondary N) is 2. The molecule has 1 fully saturated rings. The Morgan fingerprint density at radius 1 is 0.957 bits per heavy atom. The second kappa shape index (κ2) is 15.1. The van der Waals surface area contributed by atoms with E-state index in [9.17, 15) is 4.79 Å². The lowest BCUT2D eigenvalue weighted by molar-refractivity contribution is 0.102. The lowest BCUT2D eigenvalue weighted by Gasteiger charge is -2.38. The summed E-state index contributed by atoms with van der Waals surface area (Å²) in [6.45, 7) is 12.9. The van der Waals surface area contributed by atoms with Crippen LogP contribution in [0, 0.1) is 13.8 Å². The van der Waals surface area contributed by atoms with Crippen LogP contribution in [0.15, 0.2) is 60.8 Å². The molecule has 0 bridgehead atoms. The fraction of sp³-hybridized carbons (Fsp3) is 0.361. The average molecular weight is 640 g/mol. The van der Waals surface area contributed by atoms with Crippen LogP contribution in [0.4, 0.5) is 23.0 Å². The molecule has 0 saturated carbocycles. The molecule has 5 rings (SSSR count). The minimum atomic E-state index is -0.413. The van der Waals surface area contributed by atoms with Gasteiger partial charge in [0.05, 0.1) is 14.2 Å². The van der Waals surface area contributed by atoms with Crippen LogP contribution in [0.2, 0.25) is 0 Å². The second-order valence-electron chi connectivity index (χ2n) is 11.9. The summed E-state index contributed by atoms with van der Waals surface area (Å²) in [5, 5.41) is 6.28. The van der Waals surface area contributed by atoms with E-state index in [0.717, 1.165) is 54.2 Å². The van der Waals surface area contributed by atoms with Gasteiger partial charge in [0.2, 0.25) is 17.6 Å². The third kappa shape index (κ3) is 7.93. The largest absolute Gasteiger partial charge is 0.493 e. The van der Waals surface area contributed by atoms with Crippen molar-refractivity contribution < 1.29 is 19.0 Å². The average Bonchev–Trinajstić information content (AvgIpc) is 3.07. The van der Waals surface area contributed by atoms with E-state index in [4.69, 9.17) is 19.9 Å². The number of rotatable bonds is 12. The third-order valence-corrected chi connectivity index (χ3v) is 8.40. The highest BCUT2D eigenvalue weighted by Crippen LogP contribution is 2.42. The number of carbonyl (C=O) groups excluding carboxylic acids is 1. The zero-order valence-electron chi connectivity index (χ0n) is 28.1. The SMILES string of the molecule is COc1cc(CCN)cc(OC)c1Oc1nc(Nc2ccc(N3CCN(C(C)C)CC3)cc2)ncc1C(=O)Nc1c(C)cccc1C. The van der Waals surface area contributed by atoms with Crippen molar-refractivity contribution in [2.24, 2.45) is 5.73 Å². The van der Waals surface area contributed by atoms with Gasteiger partial charge < -0.3 is 35.5 Å². The fourth-order valence-corrected chi connectivity index (χ4v) is 5.68. The van der Waals surface area contributed by atoms with Gasteiger partial charge in [-0.25, -0.2) is 4.98 Å². The number of anilines is 4. The summed E-state index contributed by atoms with van der Waals surface area (Å²) >= 11 is 0. The summed E-state index contributed by atoms with van der Waals surface area (Å²) in [5.41, 5.74) is 11.4. The summed E-state index contributed by atoms with van der Waals surface area (Å²) in [7, 11) is 3.09. The highest BCUT2D eigenvalue weighted by Gasteiger charge is 2.23. The Labute approximate surface area is 277 Å². The van der Waals surface area contributed by atoms with Gasteiger partial charge in [0.25, 0.3) is 5.91 Å². The highest BCUT2D eigenvalue weighted by atomic mass is 16.5. The van der Waals surface area contributed by atoms with Crippen molar-refractivity contribution in [2.75, 3.05) is 62.5 Å². The molecule has 0 spiro atoms. The molecular weight excluding hydrogens is 594 g/mol. The van der Waals surface area contributed by atoms with E-state index in [0.29, 0.717) is 30.5 Å². The minimum absolute atomic E-state index is 0.0362. The summed E-state index contributed by atoms with van der Waals surface area (Å²) in [6.07, 6.45) is 2.09. The van der Waals surface area contributed by atoms with Gasteiger partial charge in [-0.15, -0.1) is 0 Å². The van der Waals surface area contributed by atoms with Crippen LogP contribution in [0.3, 0.4) is 0 Å². The van der Waals surface area contributed by atoms with Gasteiger partial charge in [-0.05, 0) is 93.7 Å². The first-order chi connectivity index (χ1) is 22.7. The standard InChI is InChI=1S/C36H45N7O4/c1-23(2)42-16-18-43(19-17-42)28-12-10-27(11-13-28)39-36-38-22-29(34(44)40-32-24(3)8-7-9-25(32)4)35(41-36)47-33-30(45-5)20-26(14-15-37)21-31(33)46-6/h7-13,20-23H,14-19,37H2,1-6H3,(H,40,44)(H,38,39,41).